The van der Waals surface area contributed by atoms with Crippen molar-refractivity contribution in [2.24, 2.45) is 5.92 Å². The number of methoxy groups -OCH3 is 1. The second-order valence-corrected chi connectivity index (χ2v) is 7.60. The molecule has 1 N–H and O–H groups in total. The van der Waals surface area contributed by atoms with Crippen LogP contribution in [-0.2, 0) is 9.53 Å². The summed E-state index contributed by atoms with van der Waals surface area (Å²) in [5.74, 6) is -0.267. The van der Waals surface area contributed by atoms with Crippen molar-refractivity contribution < 1.29 is 9.53 Å². The van der Waals surface area contributed by atoms with Crippen LogP contribution in [0.3, 0.4) is 0 Å². The summed E-state index contributed by atoms with van der Waals surface area (Å²) in [6, 6.07) is 2.10. The van der Waals surface area contributed by atoms with Crippen LogP contribution in [0.15, 0.2) is 28.7 Å². The number of thiophene rings is 1. The van der Waals surface area contributed by atoms with Gasteiger partial charge in [-0.2, -0.15) is 0 Å². The number of carbonyl (C=O) groups excluding carboxylic acids is 1. The molecule has 5 heteroatoms. The topological polar surface area (TPSA) is 42.7 Å². The molecule has 4 nitrogen and oxygen atoms in total. The predicted molar refractivity (Wildman–Crippen MR) is 90.7 cm³/mol. The van der Waals surface area contributed by atoms with Gasteiger partial charge in [0.05, 0.1) is 25.2 Å². The zero-order valence-corrected chi connectivity index (χ0v) is 14.6. The number of hydrogen-bond acceptors (Lipinski definition) is 4. The lowest BCUT2D eigenvalue weighted by Gasteiger charge is -2.29. The smallest absolute Gasteiger partial charge is 0.335 e. The predicted octanol–water partition coefficient (Wildman–Crippen LogP) is 4.04. The third kappa shape index (κ3) is 2.68. The summed E-state index contributed by atoms with van der Waals surface area (Å²) in [7, 11) is 1.41. The first-order valence-corrected chi connectivity index (χ1v) is 8.54. The van der Waals surface area contributed by atoms with Gasteiger partial charge in [-0.25, -0.2) is 9.64 Å². The largest absolute Gasteiger partial charge is 0.466 e. The molecular weight excluding hydrogens is 308 g/mol. The minimum Gasteiger partial charge on any atom is -0.466 e. The summed E-state index contributed by atoms with van der Waals surface area (Å²) in [5.41, 5.74) is 4.07. The van der Waals surface area contributed by atoms with Gasteiger partial charge in [0.2, 0.25) is 0 Å². The summed E-state index contributed by atoms with van der Waals surface area (Å²) >= 11 is 1.70. The molecule has 2 aliphatic rings. The lowest BCUT2D eigenvalue weighted by Crippen LogP contribution is -2.30. The minimum absolute atomic E-state index is 0.318. The van der Waals surface area contributed by atoms with Crippen LogP contribution in [0.2, 0.25) is 0 Å². The van der Waals surface area contributed by atoms with Gasteiger partial charge >= 0.3 is 5.97 Å². The fraction of sp³-hybridized carbons (Fsp3) is 0.444. The van der Waals surface area contributed by atoms with E-state index in [1.165, 1.54) is 12.0 Å². The highest BCUT2D eigenvalue weighted by Gasteiger charge is 2.41. The minimum atomic E-state index is -0.332. The number of carbonyl (C=O) groups is 1. The molecule has 23 heavy (non-hydrogen) atoms. The van der Waals surface area contributed by atoms with Crippen LogP contribution in [0.25, 0.3) is 4.85 Å². The first-order chi connectivity index (χ1) is 11.0. The number of nitrogens with zero attached hydrogens (tertiary/aromatic N) is 1. The Morgan fingerprint density at radius 2 is 2.09 bits per heavy atom. The maximum atomic E-state index is 12.5. The number of allylic oxidation sites excluding steroid dienone is 3. The second kappa shape index (κ2) is 5.86. The van der Waals surface area contributed by atoms with Gasteiger partial charge < -0.3 is 10.1 Å². The number of nitrogens with one attached hydrogen (secondary N) is 1. The zero-order valence-electron chi connectivity index (χ0n) is 13.8. The van der Waals surface area contributed by atoms with Crippen LogP contribution >= 0.6 is 11.3 Å². The van der Waals surface area contributed by atoms with Gasteiger partial charge in [-0.15, -0.1) is 11.3 Å². The number of aryl methyl sites for hydroxylation is 2. The lowest BCUT2D eigenvalue weighted by molar-refractivity contribution is -0.136. The highest BCUT2D eigenvalue weighted by atomic mass is 32.1. The van der Waals surface area contributed by atoms with Gasteiger partial charge in [-0.3, -0.25) is 0 Å². The van der Waals surface area contributed by atoms with E-state index in [2.05, 4.69) is 30.1 Å². The monoisotopic (exact) mass is 328 g/mol. The molecule has 1 saturated carbocycles. The molecule has 1 aromatic heterocycles. The Hall–Kier alpha value is -2.06. The molecule has 1 fully saturated rings. The van der Waals surface area contributed by atoms with Crippen LogP contribution < -0.4 is 5.32 Å². The van der Waals surface area contributed by atoms with E-state index in [9.17, 15) is 4.79 Å². The van der Waals surface area contributed by atoms with Crippen molar-refractivity contribution in [2.75, 3.05) is 7.11 Å². The molecule has 3 rings (SSSR count). The lowest BCUT2D eigenvalue weighted by atomic mass is 9.83. The Balaban J connectivity index is 2.23. The van der Waals surface area contributed by atoms with Gasteiger partial charge in [0.1, 0.15) is 0 Å². The molecular formula is C18H20N2O2S. The van der Waals surface area contributed by atoms with E-state index in [0.29, 0.717) is 17.2 Å². The van der Waals surface area contributed by atoms with Gasteiger partial charge in [0.15, 0.2) is 5.70 Å². The Labute approximate surface area is 140 Å². The normalized spacial score (nSPS) is 21.1. The highest BCUT2D eigenvalue weighted by molar-refractivity contribution is 7.12. The van der Waals surface area contributed by atoms with Crippen molar-refractivity contribution in [1.82, 2.24) is 5.32 Å². The Kier molecular flexibility index (Phi) is 4.03. The standard InChI is InChI=1S/C18H20N2O2S/c1-9-8-13(11(3)23-9)14-15(18(21)22-5)17(12-6-7-12)20-10(2)16(14)19-4/h8,12,14,20H,6-7H2,1-3,5H3. The molecule has 2 heterocycles. The van der Waals surface area contributed by atoms with Crippen LogP contribution in [0.4, 0.5) is 0 Å². The van der Waals surface area contributed by atoms with E-state index in [4.69, 9.17) is 11.3 Å². The van der Waals surface area contributed by atoms with E-state index < -0.39 is 0 Å². The SMILES string of the molecule is [C-]#[N+]C1=C(C)NC(C2CC2)=C(C(=O)OC)C1c1cc(C)sc1C. The van der Waals surface area contributed by atoms with Gasteiger partial charge in [-0.1, -0.05) is 0 Å². The molecule has 120 valence electrons. The van der Waals surface area contributed by atoms with Crippen LogP contribution in [0.1, 0.15) is 41.0 Å². The molecule has 1 aliphatic carbocycles. The summed E-state index contributed by atoms with van der Waals surface area (Å²) in [4.78, 5) is 18.6. The first-order valence-electron chi connectivity index (χ1n) is 7.72. The van der Waals surface area contributed by atoms with Crippen LogP contribution in [0, 0.1) is 26.3 Å². The third-order valence-electron chi connectivity index (χ3n) is 4.46. The molecule has 0 radical (unpaired) electrons. The molecule has 0 spiro atoms. The average molecular weight is 328 g/mol. The van der Waals surface area contributed by atoms with Crippen molar-refractivity contribution >= 4 is 17.3 Å². The zero-order chi connectivity index (χ0) is 16.7. The summed E-state index contributed by atoms with van der Waals surface area (Å²) < 4.78 is 5.07. The quantitative estimate of drug-likeness (QED) is 0.672. The van der Waals surface area contributed by atoms with Crippen LogP contribution in [-0.4, -0.2) is 13.1 Å². The third-order valence-corrected chi connectivity index (χ3v) is 5.44. The molecule has 0 bridgehead atoms. The molecule has 1 aromatic rings. The van der Waals surface area contributed by atoms with Gasteiger partial charge in [-0.05, 0) is 51.2 Å². The Morgan fingerprint density at radius 1 is 1.39 bits per heavy atom. The maximum absolute atomic E-state index is 12.5. The van der Waals surface area contributed by atoms with E-state index in [-0.39, 0.29) is 11.9 Å². The van der Waals surface area contributed by atoms with Crippen molar-refractivity contribution in [2.45, 2.75) is 39.5 Å². The molecule has 1 atom stereocenters. The average Bonchev–Trinajstić information content (AvgIpc) is 3.30. The molecule has 1 aliphatic heterocycles. The Bertz CT molecular complexity index is 775. The summed E-state index contributed by atoms with van der Waals surface area (Å²) in [5, 5.41) is 3.32. The maximum Gasteiger partial charge on any atom is 0.335 e. The van der Waals surface area contributed by atoms with Gasteiger partial charge in [0, 0.05) is 21.1 Å². The number of rotatable bonds is 3. The van der Waals surface area contributed by atoms with E-state index in [1.807, 2.05) is 6.92 Å². The fourth-order valence-electron chi connectivity index (χ4n) is 3.26. The second-order valence-electron chi connectivity index (χ2n) is 6.14. The van der Waals surface area contributed by atoms with Crippen molar-refractivity contribution in [3.05, 3.63) is 55.5 Å². The fourth-order valence-corrected chi connectivity index (χ4v) is 4.23. The molecule has 0 aromatic carbocycles. The van der Waals surface area contributed by atoms with Crippen LogP contribution in [0.5, 0.6) is 0 Å². The molecule has 1 unspecified atom stereocenters. The van der Waals surface area contributed by atoms with E-state index in [1.54, 1.807) is 11.3 Å². The van der Waals surface area contributed by atoms with E-state index >= 15 is 0 Å². The van der Waals surface area contributed by atoms with Gasteiger partial charge in [0.25, 0.3) is 0 Å². The molecule has 0 amide bonds. The molecule has 0 saturated heterocycles. The number of hydrogen-bond donors (Lipinski definition) is 1. The Morgan fingerprint density at radius 3 is 2.57 bits per heavy atom. The number of dihydropyridines is 1. The van der Waals surface area contributed by atoms with Crippen molar-refractivity contribution in [3.8, 4) is 0 Å². The number of ether oxygens (including phenoxy) is 1. The van der Waals surface area contributed by atoms with Crippen molar-refractivity contribution in [3.63, 3.8) is 0 Å². The van der Waals surface area contributed by atoms with E-state index in [0.717, 1.165) is 34.7 Å². The summed E-state index contributed by atoms with van der Waals surface area (Å²) in [6.07, 6.45) is 2.16. The number of esters is 1. The first kappa shape index (κ1) is 15.8. The van der Waals surface area contributed by atoms with Crippen molar-refractivity contribution in [1.29, 1.82) is 0 Å². The summed E-state index contributed by atoms with van der Waals surface area (Å²) in [6.45, 7) is 13.6. The highest BCUT2D eigenvalue weighted by Crippen LogP contribution is 2.47.